The Morgan fingerprint density at radius 2 is 1.70 bits per heavy atom. The van der Waals surface area contributed by atoms with E-state index in [0.717, 1.165) is 5.56 Å². The Morgan fingerprint density at radius 3 is 2.30 bits per heavy atom. The third-order valence-electron chi connectivity index (χ3n) is 3.39. The minimum Gasteiger partial charge on any atom is -0.493 e. The second-order valence-electron chi connectivity index (χ2n) is 4.89. The topological polar surface area (TPSA) is 90.7 Å². The largest absolute Gasteiger partial charge is 0.493 e. The van der Waals surface area contributed by atoms with Crippen molar-refractivity contribution in [1.29, 1.82) is 0 Å². The van der Waals surface area contributed by atoms with Crippen LogP contribution in [0.4, 0.5) is 0 Å². The molecule has 0 aliphatic carbocycles. The van der Waals surface area contributed by atoms with Gasteiger partial charge in [0.25, 0.3) is 0 Å². The van der Waals surface area contributed by atoms with Crippen LogP contribution >= 0.6 is 0 Å². The zero-order valence-corrected chi connectivity index (χ0v) is 13.8. The van der Waals surface area contributed by atoms with Gasteiger partial charge in [0.1, 0.15) is 0 Å². The summed E-state index contributed by atoms with van der Waals surface area (Å²) in [6.07, 6.45) is 0. The molecule has 6 nitrogen and oxygen atoms in total. The average molecular weight is 336 g/mol. The summed E-state index contributed by atoms with van der Waals surface area (Å²) in [5.74, 6) is 0.815. The van der Waals surface area contributed by atoms with Crippen molar-refractivity contribution in [3.63, 3.8) is 0 Å². The van der Waals surface area contributed by atoms with Gasteiger partial charge >= 0.3 is 0 Å². The molecule has 0 heterocycles. The summed E-state index contributed by atoms with van der Waals surface area (Å²) in [4.78, 5) is 0.0930. The fraction of sp³-hybridized carbons (Fsp3) is 0.250. The molecule has 0 aromatic heterocycles. The van der Waals surface area contributed by atoms with Crippen LogP contribution in [0, 0.1) is 0 Å². The van der Waals surface area contributed by atoms with Crippen LogP contribution in [0.3, 0.4) is 0 Å². The van der Waals surface area contributed by atoms with Crippen molar-refractivity contribution in [1.82, 2.24) is 4.72 Å². The molecular weight excluding hydrogens is 316 g/mol. The SMILES string of the molecule is COc1ccc(S(=O)(=O)NCC(N)c2ccccc2)cc1OC. The molecule has 124 valence electrons. The molecule has 2 aromatic rings. The van der Waals surface area contributed by atoms with E-state index in [4.69, 9.17) is 15.2 Å². The Bertz CT molecular complexity index is 748. The van der Waals surface area contributed by atoms with Crippen molar-refractivity contribution < 1.29 is 17.9 Å². The van der Waals surface area contributed by atoms with Crippen molar-refractivity contribution in [2.45, 2.75) is 10.9 Å². The van der Waals surface area contributed by atoms with Gasteiger partial charge in [-0.25, -0.2) is 13.1 Å². The predicted octanol–water partition coefficient (Wildman–Crippen LogP) is 1.68. The Hall–Kier alpha value is -2.09. The molecule has 3 N–H and O–H groups in total. The summed E-state index contributed by atoms with van der Waals surface area (Å²) in [7, 11) is -0.746. The number of methoxy groups -OCH3 is 2. The molecule has 7 heteroatoms. The number of ether oxygens (including phenoxy) is 2. The Labute approximate surface area is 136 Å². The van der Waals surface area contributed by atoms with E-state index in [-0.39, 0.29) is 11.4 Å². The van der Waals surface area contributed by atoms with Gasteiger partial charge in [0.2, 0.25) is 10.0 Å². The lowest BCUT2D eigenvalue weighted by Gasteiger charge is -2.14. The van der Waals surface area contributed by atoms with E-state index in [9.17, 15) is 8.42 Å². The first-order valence-electron chi connectivity index (χ1n) is 7.00. The van der Waals surface area contributed by atoms with Crippen molar-refractivity contribution >= 4 is 10.0 Å². The molecule has 1 atom stereocenters. The first kappa shape index (κ1) is 17.3. The van der Waals surface area contributed by atoms with Crippen molar-refractivity contribution in [3.05, 3.63) is 54.1 Å². The highest BCUT2D eigenvalue weighted by Crippen LogP contribution is 2.29. The lowest BCUT2D eigenvalue weighted by Crippen LogP contribution is -2.32. The monoisotopic (exact) mass is 336 g/mol. The minimum absolute atomic E-state index is 0.0930. The highest BCUT2D eigenvalue weighted by atomic mass is 32.2. The number of rotatable bonds is 7. The van der Waals surface area contributed by atoms with Crippen LogP contribution < -0.4 is 19.9 Å². The molecule has 0 spiro atoms. The fourth-order valence-electron chi connectivity index (χ4n) is 2.08. The third kappa shape index (κ3) is 4.22. The molecule has 0 aliphatic rings. The minimum atomic E-state index is -3.69. The van der Waals surface area contributed by atoms with Gasteiger partial charge < -0.3 is 15.2 Å². The molecule has 0 amide bonds. The predicted molar refractivity (Wildman–Crippen MR) is 88.1 cm³/mol. The van der Waals surface area contributed by atoms with Crippen LogP contribution in [0.15, 0.2) is 53.4 Å². The summed E-state index contributed by atoms with van der Waals surface area (Å²) in [5, 5.41) is 0. The van der Waals surface area contributed by atoms with Crippen LogP contribution in [-0.4, -0.2) is 29.2 Å². The summed E-state index contributed by atoms with van der Waals surface area (Å²) in [6.45, 7) is 0.0979. The van der Waals surface area contributed by atoms with Crippen LogP contribution in [0.5, 0.6) is 11.5 Å². The zero-order chi connectivity index (χ0) is 16.9. The molecule has 0 saturated carbocycles. The number of benzene rings is 2. The summed E-state index contributed by atoms with van der Waals surface area (Å²) in [5.41, 5.74) is 6.87. The maximum Gasteiger partial charge on any atom is 0.240 e. The quantitative estimate of drug-likeness (QED) is 0.803. The maximum atomic E-state index is 12.4. The van der Waals surface area contributed by atoms with Gasteiger partial charge in [-0.3, -0.25) is 0 Å². The van der Waals surface area contributed by atoms with Gasteiger partial charge in [-0.1, -0.05) is 30.3 Å². The van der Waals surface area contributed by atoms with E-state index in [2.05, 4.69) is 4.72 Å². The Kier molecular flexibility index (Phi) is 5.59. The Morgan fingerprint density at radius 1 is 1.04 bits per heavy atom. The third-order valence-corrected chi connectivity index (χ3v) is 4.81. The van der Waals surface area contributed by atoms with Gasteiger partial charge in [-0.2, -0.15) is 0 Å². The summed E-state index contributed by atoms with van der Waals surface area (Å²) < 4.78 is 37.5. The zero-order valence-electron chi connectivity index (χ0n) is 13.0. The molecule has 0 bridgehead atoms. The van der Waals surface area contributed by atoms with Crippen LogP contribution in [-0.2, 0) is 10.0 Å². The van der Waals surface area contributed by atoms with Gasteiger partial charge in [0.15, 0.2) is 11.5 Å². The summed E-state index contributed by atoms with van der Waals surface area (Å²) in [6, 6.07) is 13.3. The van der Waals surface area contributed by atoms with Gasteiger partial charge in [0.05, 0.1) is 19.1 Å². The van der Waals surface area contributed by atoms with E-state index >= 15 is 0 Å². The highest BCUT2D eigenvalue weighted by Gasteiger charge is 2.18. The smallest absolute Gasteiger partial charge is 0.240 e. The number of nitrogens with two attached hydrogens (primary N) is 1. The Balaban J connectivity index is 2.13. The second kappa shape index (κ2) is 7.45. The number of hydrogen-bond acceptors (Lipinski definition) is 5. The van der Waals surface area contributed by atoms with E-state index in [1.54, 1.807) is 6.07 Å². The molecule has 0 fully saturated rings. The lowest BCUT2D eigenvalue weighted by atomic mass is 10.1. The van der Waals surface area contributed by atoms with Crippen molar-refractivity contribution in [3.8, 4) is 11.5 Å². The van der Waals surface area contributed by atoms with E-state index in [1.807, 2.05) is 30.3 Å². The lowest BCUT2D eigenvalue weighted by molar-refractivity contribution is 0.354. The standard InChI is InChI=1S/C16H20N2O4S/c1-21-15-9-8-13(10-16(15)22-2)23(19,20)18-11-14(17)12-6-4-3-5-7-12/h3-10,14,18H,11,17H2,1-2H3. The van der Waals surface area contributed by atoms with Crippen molar-refractivity contribution in [2.75, 3.05) is 20.8 Å². The van der Waals surface area contributed by atoms with Crippen LogP contribution in [0.2, 0.25) is 0 Å². The van der Waals surface area contributed by atoms with Gasteiger partial charge in [0, 0.05) is 18.7 Å². The number of hydrogen-bond donors (Lipinski definition) is 2. The van der Waals surface area contributed by atoms with Crippen molar-refractivity contribution in [2.24, 2.45) is 5.73 Å². The average Bonchev–Trinajstić information content (AvgIpc) is 2.59. The molecule has 2 aromatic carbocycles. The van der Waals surface area contributed by atoms with Crippen LogP contribution in [0.25, 0.3) is 0 Å². The molecule has 0 saturated heterocycles. The van der Waals surface area contributed by atoms with Gasteiger partial charge in [-0.05, 0) is 17.7 Å². The van der Waals surface area contributed by atoms with E-state index in [0.29, 0.717) is 11.5 Å². The number of sulfonamides is 1. The highest BCUT2D eigenvalue weighted by molar-refractivity contribution is 7.89. The second-order valence-corrected chi connectivity index (χ2v) is 6.65. The molecule has 1 unspecified atom stereocenters. The molecule has 2 rings (SSSR count). The molecule has 0 aliphatic heterocycles. The first-order chi connectivity index (χ1) is 11.0. The van der Waals surface area contributed by atoms with Crippen LogP contribution in [0.1, 0.15) is 11.6 Å². The molecule has 0 radical (unpaired) electrons. The molecule has 23 heavy (non-hydrogen) atoms. The van der Waals surface area contributed by atoms with E-state index < -0.39 is 16.1 Å². The van der Waals surface area contributed by atoms with E-state index in [1.165, 1.54) is 26.4 Å². The summed E-state index contributed by atoms with van der Waals surface area (Å²) >= 11 is 0. The first-order valence-corrected chi connectivity index (χ1v) is 8.48. The maximum absolute atomic E-state index is 12.4. The molecular formula is C16H20N2O4S. The normalized spacial score (nSPS) is 12.7. The van der Waals surface area contributed by atoms with Gasteiger partial charge in [-0.15, -0.1) is 0 Å². The fourth-order valence-corrected chi connectivity index (χ4v) is 3.16. The number of nitrogens with one attached hydrogen (secondary N) is 1.